The van der Waals surface area contributed by atoms with E-state index < -0.39 is 5.82 Å². The number of aromatic nitrogens is 1. The topological polar surface area (TPSA) is 65.1 Å². The average molecular weight is 456 g/mol. The van der Waals surface area contributed by atoms with E-state index in [2.05, 4.69) is 15.2 Å². The summed E-state index contributed by atoms with van der Waals surface area (Å²) < 4.78 is 37.5. The Balaban J connectivity index is 1.51. The van der Waals surface area contributed by atoms with E-state index in [0.717, 1.165) is 50.5 Å². The lowest BCUT2D eigenvalue weighted by Gasteiger charge is -2.26. The Bertz CT molecular complexity index is 1100. The van der Waals surface area contributed by atoms with Gasteiger partial charge in [0, 0.05) is 56.1 Å². The Hall–Kier alpha value is -3.10. The van der Waals surface area contributed by atoms with Crippen LogP contribution >= 0.6 is 0 Å². The second-order valence-electron chi connectivity index (χ2n) is 7.93. The van der Waals surface area contributed by atoms with E-state index in [-0.39, 0.29) is 5.75 Å². The minimum atomic E-state index is -0.443. The van der Waals surface area contributed by atoms with Crippen LogP contribution in [-0.4, -0.2) is 63.5 Å². The first-order chi connectivity index (χ1) is 16.1. The van der Waals surface area contributed by atoms with E-state index in [9.17, 15) is 4.39 Å². The Morgan fingerprint density at radius 1 is 1.09 bits per heavy atom. The predicted molar refractivity (Wildman–Crippen MR) is 126 cm³/mol. The third kappa shape index (κ3) is 5.46. The van der Waals surface area contributed by atoms with Crippen molar-refractivity contribution in [3.63, 3.8) is 0 Å². The van der Waals surface area contributed by atoms with Gasteiger partial charge in [-0.25, -0.2) is 4.39 Å². The number of halogens is 1. The fourth-order valence-electron chi connectivity index (χ4n) is 3.91. The summed E-state index contributed by atoms with van der Waals surface area (Å²) in [6.45, 7) is 6.93. The third-order valence-corrected chi connectivity index (χ3v) is 5.74. The van der Waals surface area contributed by atoms with Gasteiger partial charge < -0.3 is 24.3 Å². The van der Waals surface area contributed by atoms with Crippen LogP contribution in [0.4, 0.5) is 10.1 Å². The van der Waals surface area contributed by atoms with Gasteiger partial charge in [0.25, 0.3) is 0 Å². The summed E-state index contributed by atoms with van der Waals surface area (Å²) in [6.07, 6.45) is 2.54. The van der Waals surface area contributed by atoms with Crippen molar-refractivity contribution in [1.29, 1.82) is 0 Å². The minimum Gasteiger partial charge on any atom is -0.493 e. The number of nitrogens with one attached hydrogen (secondary N) is 1. The maximum absolute atomic E-state index is 14.6. The van der Waals surface area contributed by atoms with Crippen LogP contribution in [0.25, 0.3) is 10.9 Å². The zero-order valence-electron chi connectivity index (χ0n) is 19.3. The molecule has 8 heteroatoms. The highest BCUT2D eigenvalue weighted by molar-refractivity contribution is 5.88. The average Bonchev–Trinajstić information content (AvgIpc) is 2.84. The van der Waals surface area contributed by atoms with E-state index in [0.29, 0.717) is 34.8 Å². The van der Waals surface area contributed by atoms with Gasteiger partial charge in [0.05, 0.1) is 32.4 Å². The Morgan fingerprint density at radius 3 is 2.67 bits per heavy atom. The normalized spacial score (nSPS) is 14.3. The number of nitrogens with zero attached hydrogens (tertiary/aromatic N) is 2. The molecule has 2 heterocycles. The quantitative estimate of drug-likeness (QED) is 0.472. The molecular formula is C25H30FN3O4. The molecule has 1 N–H and O–H groups in total. The highest BCUT2D eigenvalue weighted by Gasteiger charge is 2.15. The molecule has 1 aromatic heterocycles. The van der Waals surface area contributed by atoms with Crippen molar-refractivity contribution >= 4 is 16.6 Å². The van der Waals surface area contributed by atoms with Crippen LogP contribution in [-0.2, 0) is 4.74 Å². The zero-order valence-corrected chi connectivity index (χ0v) is 19.3. The molecule has 1 fully saturated rings. The first-order valence-corrected chi connectivity index (χ1v) is 11.1. The molecule has 1 saturated heterocycles. The summed E-state index contributed by atoms with van der Waals surface area (Å²) in [4.78, 5) is 6.82. The number of rotatable bonds is 9. The molecule has 1 aliphatic rings. The van der Waals surface area contributed by atoms with Crippen molar-refractivity contribution in [3.05, 3.63) is 47.9 Å². The molecule has 0 aliphatic carbocycles. The highest BCUT2D eigenvalue weighted by Crippen LogP contribution is 2.38. The fraction of sp³-hybridized carbons (Fsp3) is 0.400. The number of pyridine rings is 1. The second kappa shape index (κ2) is 10.7. The molecule has 0 unspecified atom stereocenters. The number of ether oxygens (including phenoxy) is 4. The molecule has 3 aromatic rings. The van der Waals surface area contributed by atoms with Crippen molar-refractivity contribution < 1.29 is 23.3 Å². The molecule has 7 nitrogen and oxygen atoms in total. The molecule has 0 saturated carbocycles. The van der Waals surface area contributed by atoms with E-state index >= 15 is 0 Å². The van der Waals surface area contributed by atoms with E-state index in [1.54, 1.807) is 32.5 Å². The maximum atomic E-state index is 14.6. The lowest BCUT2D eigenvalue weighted by Crippen LogP contribution is -2.37. The lowest BCUT2D eigenvalue weighted by atomic mass is 10.1. The monoisotopic (exact) mass is 455 g/mol. The van der Waals surface area contributed by atoms with Crippen molar-refractivity contribution in [1.82, 2.24) is 9.88 Å². The number of aryl methyl sites for hydroxylation is 1. The largest absolute Gasteiger partial charge is 0.493 e. The molecule has 1 aliphatic heterocycles. The van der Waals surface area contributed by atoms with Crippen LogP contribution in [0.15, 0.2) is 36.5 Å². The van der Waals surface area contributed by atoms with Crippen LogP contribution < -0.4 is 19.5 Å². The first kappa shape index (κ1) is 23.1. The number of hydrogen-bond donors (Lipinski definition) is 1. The molecule has 0 amide bonds. The molecule has 33 heavy (non-hydrogen) atoms. The molecule has 0 spiro atoms. The van der Waals surface area contributed by atoms with Crippen molar-refractivity contribution in [2.24, 2.45) is 0 Å². The number of fused-ring (bicyclic) bond motifs is 1. The highest BCUT2D eigenvalue weighted by atomic mass is 19.1. The Labute approximate surface area is 193 Å². The molecule has 176 valence electrons. The molecule has 4 rings (SSSR count). The fourth-order valence-corrected chi connectivity index (χ4v) is 3.91. The number of hydrogen-bond acceptors (Lipinski definition) is 7. The summed E-state index contributed by atoms with van der Waals surface area (Å²) in [7, 11) is 3.35. The van der Waals surface area contributed by atoms with Gasteiger partial charge in [-0.3, -0.25) is 9.88 Å². The summed E-state index contributed by atoms with van der Waals surface area (Å²) >= 11 is 0. The van der Waals surface area contributed by atoms with Crippen molar-refractivity contribution in [2.45, 2.75) is 13.3 Å². The van der Waals surface area contributed by atoms with Gasteiger partial charge in [0.1, 0.15) is 5.75 Å². The molecule has 0 radical (unpaired) electrons. The summed E-state index contributed by atoms with van der Waals surface area (Å²) in [5, 5.41) is 3.69. The molecular weight excluding hydrogens is 425 g/mol. The van der Waals surface area contributed by atoms with Crippen molar-refractivity contribution in [2.75, 3.05) is 58.9 Å². The van der Waals surface area contributed by atoms with Crippen LogP contribution in [0.3, 0.4) is 0 Å². The van der Waals surface area contributed by atoms with E-state index in [1.807, 2.05) is 19.1 Å². The number of morpholine rings is 1. The second-order valence-corrected chi connectivity index (χ2v) is 7.93. The first-order valence-electron chi connectivity index (χ1n) is 11.1. The SMILES string of the molecule is CNc1cc(F)c(Oc2ccnc3cc(OCCCN4CCOCC4)c(OC)cc23)cc1C. The van der Waals surface area contributed by atoms with Gasteiger partial charge in [-0.2, -0.15) is 0 Å². The van der Waals surface area contributed by atoms with E-state index in [4.69, 9.17) is 18.9 Å². The van der Waals surface area contributed by atoms with Gasteiger partial charge >= 0.3 is 0 Å². The smallest absolute Gasteiger partial charge is 0.167 e. The summed E-state index contributed by atoms with van der Waals surface area (Å²) in [5.41, 5.74) is 2.29. The number of benzene rings is 2. The summed E-state index contributed by atoms with van der Waals surface area (Å²) in [6, 6.07) is 8.47. The zero-order chi connectivity index (χ0) is 23.2. The van der Waals surface area contributed by atoms with Gasteiger partial charge in [-0.05, 0) is 37.1 Å². The van der Waals surface area contributed by atoms with Gasteiger partial charge in [0.15, 0.2) is 23.1 Å². The lowest BCUT2D eigenvalue weighted by molar-refractivity contribution is 0.0357. The molecule has 2 aromatic carbocycles. The van der Waals surface area contributed by atoms with E-state index in [1.165, 1.54) is 6.07 Å². The van der Waals surface area contributed by atoms with Crippen LogP contribution in [0.1, 0.15) is 12.0 Å². The van der Waals surface area contributed by atoms with Gasteiger partial charge in [0.2, 0.25) is 0 Å². The standard InChI is InChI=1S/C25H30FN3O4/c1-17-13-23(19(26)15-20(17)27-2)33-22-5-6-28-21-16-25(24(30-3)14-18(21)22)32-10-4-7-29-8-11-31-12-9-29/h5-6,13-16,27H,4,7-12H2,1-3H3. The minimum absolute atomic E-state index is 0.154. The molecule has 0 bridgehead atoms. The number of methoxy groups -OCH3 is 1. The van der Waals surface area contributed by atoms with Crippen LogP contribution in [0, 0.1) is 12.7 Å². The molecule has 0 atom stereocenters. The Kier molecular flexibility index (Phi) is 7.47. The van der Waals surface area contributed by atoms with Gasteiger partial charge in [-0.15, -0.1) is 0 Å². The van der Waals surface area contributed by atoms with Crippen LogP contribution in [0.2, 0.25) is 0 Å². The van der Waals surface area contributed by atoms with Crippen molar-refractivity contribution in [3.8, 4) is 23.0 Å². The Morgan fingerprint density at radius 2 is 1.91 bits per heavy atom. The van der Waals surface area contributed by atoms with Crippen LogP contribution in [0.5, 0.6) is 23.0 Å². The predicted octanol–water partition coefficient (Wildman–Crippen LogP) is 4.63. The third-order valence-electron chi connectivity index (χ3n) is 5.74. The van der Waals surface area contributed by atoms with Gasteiger partial charge in [-0.1, -0.05) is 0 Å². The number of anilines is 1. The summed E-state index contributed by atoms with van der Waals surface area (Å²) in [5.74, 6) is 1.40. The maximum Gasteiger partial charge on any atom is 0.167 e.